The summed E-state index contributed by atoms with van der Waals surface area (Å²) >= 11 is 0. The molecule has 1 aliphatic rings. The zero-order valence-electron chi connectivity index (χ0n) is 16.3. The average molecular weight is 377 g/mol. The Morgan fingerprint density at radius 1 is 1.04 bits per heavy atom. The summed E-state index contributed by atoms with van der Waals surface area (Å²) in [7, 11) is 0. The number of amides is 2. The van der Waals surface area contributed by atoms with Gasteiger partial charge in [0.05, 0.1) is 5.56 Å². The first kappa shape index (κ1) is 19.7. The van der Waals surface area contributed by atoms with Gasteiger partial charge in [-0.15, -0.1) is 6.58 Å². The van der Waals surface area contributed by atoms with E-state index in [0.717, 1.165) is 42.7 Å². The van der Waals surface area contributed by atoms with Crippen molar-refractivity contribution in [1.82, 2.24) is 10.6 Å². The van der Waals surface area contributed by atoms with Crippen molar-refractivity contribution in [1.29, 1.82) is 0 Å². The Morgan fingerprint density at radius 2 is 1.68 bits per heavy atom. The molecule has 146 valence electrons. The van der Waals surface area contributed by atoms with Crippen LogP contribution in [-0.4, -0.2) is 37.5 Å². The normalized spacial score (nSPS) is 14.4. The van der Waals surface area contributed by atoms with Gasteiger partial charge in [-0.2, -0.15) is 0 Å². The Hall–Kier alpha value is -3.08. The number of aryl methyl sites for hydroxylation is 1. The molecule has 2 aromatic carbocycles. The maximum Gasteiger partial charge on any atom is 0.253 e. The largest absolute Gasteiger partial charge is 0.371 e. The SMILES string of the molecule is C=CCNC(=O)c1ccccc1N1CCC(NC(=O)c2ccccc2C)CC1. The fourth-order valence-electron chi connectivity index (χ4n) is 3.56. The van der Waals surface area contributed by atoms with Gasteiger partial charge in [0, 0.05) is 36.9 Å². The minimum atomic E-state index is -0.0921. The second-order valence-electron chi connectivity index (χ2n) is 7.07. The van der Waals surface area contributed by atoms with Gasteiger partial charge < -0.3 is 15.5 Å². The predicted octanol–water partition coefficient (Wildman–Crippen LogP) is 3.31. The lowest BCUT2D eigenvalue weighted by molar-refractivity contribution is 0.0929. The third-order valence-electron chi connectivity index (χ3n) is 5.12. The molecule has 1 heterocycles. The monoisotopic (exact) mass is 377 g/mol. The van der Waals surface area contributed by atoms with Gasteiger partial charge in [-0.3, -0.25) is 9.59 Å². The second kappa shape index (κ2) is 9.22. The number of nitrogens with zero attached hydrogens (tertiary/aromatic N) is 1. The molecule has 2 aromatic rings. The molecule has 0 aromatic heterocycles. The van der Waals surface area contributed by atoms with Crippen LogP contribution in [0.2, 0.25) is 0 Å². The molecule has 5 nitrogen and oxygen atoms in total. The van der Waals surface area contributed by atoms with Gasteiger partial charge >= 0.3 is 0 Å². The van der Waals surface area contributed by atoms with Crippen LogP contribution in [0.5, 0.6) is 0 Å². The Morgan fingerprint density at radius 3 is 2.36 bits per heavy atom. The van der Waals surface area contributed by atoms with Crippen LogP contribution in [0.4, 0.5) is 5.69 Å². The van der Waals surface area contributed by atoms with E-state index in [0.29, 0.717) is 12.1 Å². The summed E-state index contributed by atoms with van der Waals surface area (Å²) in [5.74, 6) is -0.105. The molecule has 0 aliphatic carbocycles. The van der Waals surface area contributed by atoms with E-state index in [-0.39, 0.29) is 17.9 Å². The zero-order chi connectivity index (χ0) is 19.9. The van der Waals surface area contributed by atoms with E-state index in [9.17, 15) is 9.59 Å². The Bertz CT molecular complexity index is 854. The van der Waals surface area contributed by atoms with E-state index in [2.05, 4.69) is 22.1 Å². The molecule has 0 unspecified atom stereocenters. The van der Waals surface area contributed by atoms with Gasteiger partial charge in [0.2, 0.25) is 0 Å². The van der Waals surface area contributed by atoms with Crippen molar-refractivity contribution in [3.8, 4) is 0 Å². The molecule has 1 aliphatic heterocycles. The maximum absolute atomic E-state index is 12.5. The van der Waals surface area contributed by atoms with Gasteiger partial charge in [0.15, 0.2) is 0 Å². The molecular formula is C23H27N3O2. The summed E-state index contributed by atoms with van der Waals surface area (Å²) in [6, 6.07) is 15.4. The number of rotatable bonds is 6. The van der Waals surface area contributed by atoms with Crippen molar-refractivity contribution in [3.63, 3.8) is 0 Å². The van der Waals surface area contributed by atoms with Gasteiger partial charge in [-0.05, 0) is 43.5 Å². The third-order valence-corrected chi connectivity index (χ3v) is 5.12. The second-order valence-corrected chi connectivity index (χ2v) is 7.07. The molecule has 0 atom stereocenters. The number of hydrogen-bond donors (Lipinski definition) is 2. The van der Waals surface area contributed by atoms with Gasteiger partial charge in [0.25, 0.3) is 11.8 Å². The fourth-order valence-corrected chi connectivity index (χ4v) is 3.56. The van der Waals surface area contributed by atoms with Crippen LogP contribution in [0.15, 0.2) is 61.2 Å². The highest BCUT2D eigenvalue weighted by Crippen LogP contribution is 2.24. The van der Waals surface area contributed by atoms with Crippen LogP contribution < -0.4 is 15.5 Å². The topological polar surface area (TPSA) is 61.4 Å². The van der Waals surface area contributed by atoms with Crippen molar-refractivity contribution in [3.05, 3.63) is 77.9 Å². The molecular weight excluding hydrogens is 350 g/mol. The van der Waals surface area contributed by atoms with Gasteiger partial charge in [-0.1, -0.05) is 36.4 Å². The molecule has 0 radical (unpaired) electrons. The lowest BCUT2D eigenvalue weighted by Crippen LogP contribution is -2.45. The standard InChI is InChI=1S/C23H27N3O2/c1-3-14-24-22(27)20-10-6-7-11-21(20)26-15-12-18(13-16-26)25-23(28)19-9-5-4-8-17(19)2/h3-11,18H,1,12-16H2,2H3,(H,24,27)(H,25,28). The average Bonchev–Trinajstić information content (AvgIpc) is 2.73. The smallest absolute Gasteiger partial charge is 0.253 e. The zero-order valence-corrected chi connectivity index (χ0v) is 16.3. The maximum atomic E-state index is 12.5. The highest BCUT2D eigenvalue weighted by atomic mass is 16.2. The van der Waals surface area contributed by atoms with Crippen molar-refractivity contribution >= 4 is 17.5 Å². The molecule has 0 spiro atoms. The first-order chi connectivity index (χ1) is 13.6. The summed E-state index contributed by atoms with van der Waals surface area (Å²) < 4.78 is 0. The summed E-state index contributed by atoms with van der Waals surface area (Å²) in [6.45, 7) is 7.63. The van der Waals surface area contributed by atoms with Crippen LogP contribution in [0, 0.1) is 6.92 Å². The molecule has 0 saturated carbocycles. The van der Waals surface area contributed by atoms with Crippen LogP contribution in [0.3, 0.4) is 0 Å². The molecule has 3 rings (SSSR count). The Kier molecular flexibility index (Phi) is 6.48. The van der Waals surface area contributed by atoms with E-state index < -0.39 is 0 Å². The summed E-state index contributed by atoms with van der Waals surface area (Å²) in [5, 5.41) is 6.00. The number of para-hydroxylation sites is 1. The van der Waals surface area contributed by atoms with Crippen molar-refractivity contribution in [2.24, 2.45) is 0 Å². The number of anilines is 1. The molecule has 1 saturated heterocycles. The van der Waals surface area contributed by atoms with E-state index in [1.807, 2.05) is 55.5 Å². The molecule has 1 fully saturated rings. The van der Waals surface area contributed by atoms with E-state index in [1.54, 1.807) is 6.08 Å². The van der Waals surface area contributed by atoms with E-state index in [4.69, 9.17) is 0 Å². The molecule has 5 heteroatoms. The third kappa shape index (κ3) is 4.60. The van der Waals surface area contributed by atoms with Crippen LogP contribution >= 0.6 is 0 Å². The van der Waals surface area contributed by atoms with E-state index >= 15 is 0 Å². The predicted molar refractivity (Wildman–Crippen MR) is 113 cm³/mol. The number of piperidine rings is 1. The van der Waals surface area contributed by atoms with Gasteiger partial charge in [0.1, 0.15) is 0 Å². The minimum absolute atomic E-state index is 0.0132. The highest BCUT2D eigenvalue weighted by Gasteiger charge is 2.24. The summed E-state index contributed by atoms with van der Waals surface area (Å²) in [4.78, 5) is 27.2. The molecule has 28 heavy (non-hydrogen) atoms. The Labute approximate surface area is 166 Å². The minimum Gasteiger partial charge on any atom is -0.371 e. The number of carbonyl (C=O) groups is 2. The number of benzene rings is 2. The molecule has 2 amide bonds. The van der Waals surface area contributed by atoms with Gasteiger partial charge in [-0.25, -0.2) is 0 Å². The highest BCUT2D eigenvalue weighted by molar-refractivity contribution is 6.00. The fraction of sp³-hybridized carbons (Fsp3) is 0.304. The lowest BCUT2D eigenvalue weighted by Gasteiger charge is -2.35. The van der Waals surface area contributed by atoms with Crippen LogP contribution in [-0.2, 0) is 0 Å². The number of carbonyl (C=O) groups excluding carboxylic acids is 2. The Balaban J connectivity index is 1.61. The molecule has 2 N–H and O–H groups in total. The summed E-state index contributed by atoms with van der Waals surface area (Å²) in [5.41, 5.74) is 3.32. The first-order valence-electron chi connectivity index (χ1n) is 9.69. The number of nitrogens with one attached hydrogen (secondary N) is 2. The van der Waals surface area contributed by atoms with Crippen molar-refractivity contribution in [2.75, 3.05) is 24.5 Å². The van der Waals surface area contributed by atoms with Crippen LogP contribution in [0.1, 0.15) is 39.1 Å². The first-order valence-corrected chi connectivity index (χ1v) is 9.69. The lowest BCUT2D eigenvalue weighted by atomic mass is 10.0. The van der Waals surface area contributed by atoms with Crippen molar-refractivity contribution < 1.29 is 9.59 Å². The van der Waals surface area contributed by atoms with E-state index in [1.165, 1.54) is 0 Å². The summed E-state index contributed by atoms with van der Waals surface area (Å²) in [6.07, 6.45) is 3.36. The van der Waals surface area contributed by atoms with Crippen molar-refractivity contribution in [2.45, 2.75) is 25.8 Å². The number of hydrogen-bond acceptors (Lipinski definition) is 3. The molecule has 0 bridgehead atoms. The quantitative estimate of drug-likeness (QED) is 0.760. The van der Waals surface area contributed by atoms with Crippen LogP contribution in [0.25, 0.3) is 0 Å².